The summed E-state index contributed by atoms with van der Waals surface area (Å²) in [7, 11) is 0. The third kappa shape index (κ3) is 7.92. The number of nitrogen functional groups attached to an aromatic ring is 1. The number of nitrogens with zero attached hydrogens (tertiary/aromatic N) is 9. The van der Waals surface area contributed by atoms with Crippen molar-refractivity contribution in [2.75, 3.05) is 57.2 Å². The van der Waals surface area contributed by atoms with Gasteiger partial charge in [0.2, 0.25) is 0 Å². The molecule has 0 aromatic carbocycles. The zero-order valence-electron chi connectivity index (χ0n) is 32.1. The summed E-state index contributed by atoms with van der Waals surface area (Å²) in [5, 5.41) is 6.53. The van der Waals surface area contributed by atoms with E-state index < -0.39 is 0 Å². The molecule has 6 aromatic heterocycles. The zero-order valence-corrected chi connectivity index (χ0v) is 32.1. The van der Waals surface area contributed by atoms with Crippen molar-refractivity contribution in [1.82, 2.24) is 29.9 Å². The van der Waals surface area contributed by atoms with Crippen LogP contribution in [-0.4, -0.2) is 74.2 Å². The summed E-state index contributed by atoms with van der Waals surface area (Å²) < 4.78 is 0. The molecule has 0 saturated carbocycles. The van der Waals surface area contributed by atoms with Gasteiger partial charge in [-0.15, -0.1) is 0 Å². The molecule has 0 unspecified atom stereocenters. The van der Waals surface area contributed by atoms with Crippen LogP contribution in [0.15, 0.2) is 97.6 Å². The van der Waals surface area contributed by atoms with Crippen molar-refractivity contribution in [3.8, 4) is 22.5 Å². The van der Waals surface area contributed by atoms with Crippen molar-refractivity contribution in [3.05, 3.63) is 120 Å². The van der Waals surface area contributed by atoms with Gasteiger partial charge >= 0.3 is 6.03 Å². The molecule has 4 bridgehead atoms. The van der Waals surface area contributed by atoms with E-state index in [4.69, 9.17) is 15.7 Å². The van der Waals surface area contributed by atoms with E-state index >= 15 is 0 Å². The van der Waals surface area contributed by atoms with Gasteiger partial charge in [-0.1, -0.05) is 0 Å². The maximum Gasteiger partial charge on any atom is 0.327 e. The first-order chi connectivity index (χ1) is 27.2. The number of anilines is 6. The summed E-state index contributed by atoms with van der Waals surface area (Å²) in [6, 6.07) is 24.4. The molecular formula is C43H46N12O. The molecule has 4 N–H and O–H groups in total. The van der Waals surface area contributed by atoms with Crippen molar-refractivity contribution in [3.63, 3.8) is 0 Å². The largest absolute Gasteiger partial charge is 0.397 e. The number of aryl methyl sites for hydroxylation is 4. The fraction of sp³-hybridized carbons (Fsp3) is 0.279. The Morgan fingerprint density at radius 3 is 1.98 bits per heavy atom. The number of carbonyl (C=O) groups is 1. The van der Waals surface area contributed by atoms with Gasteiger partial charge in [0.05, 0.1) is 52.6 Å². The summed E-state index contributed by atoms with van der Waals surface area (Å²) in [6.45, 7) is 11.8. The highest BCUT2D eigenvalue weighted by molar-refractivity contribution is 6.04. The highest BCUT2D eigenvalue weighted by atomic mass is 16.2. The second kappa shape index (κ2) is 15.6. The number of rotatable bonds is 3. The average Bonchev–Trinajstić information content (AvgIpc) is 3.81. The van der Waals surface area contributed by atoms with E-state index in [9.17, 15) is 4.79 Å². The standard InChI is InChI=1S/C22H22N6O.C15H16N4.C6H8N2/c1-14-3-4-17(12-24-14)25-22(29)28-18-8-10-27(13-18)20-6-5-19(26-21(20)28)16-7-9-23-15(2)11-16;1-10-8-11(4-6-16-10)13-2-3-14-15(18-13)17-12-5-7-19(14)9-12;1-5-2-3-6(7)4-8-5/h3-7,9,11-12,18H,8,10,13H2,1-2H3,(H,25,29);2-4,6,8,12H,5,7,9H2,1H3,(H,17,18);2-4H,7H2,1H3/t18-;12-;/m00./s1. The number of pyridine rings is 6. The number of fused-ring (bicyclic) bond motifs is 8. The van der Waals surface area contributed by atoms with E-state index in [-0.39, 0.29) is 12.1 Å². The van der Waals surface area contributed by atoms with E-state index in [0.717, 1.165) is 95.1 Å². The summed E-state index contributed by atoms with van der Waals surface area (Å²) in [5.74, 6) is 1.74. The highest BCUT2D eigenvalue weighted by Gasteiger charge is 2.40. The SMILES string of the molecule is Cc1cc(-c2ccc3c(n2)N[C@H]2CCN3C2)ccn1.Cc1ccc(N)cn1.Cc1ccc(NC(=O)N2c3nc(-c4ccnc(C)c4)ccc3N3CC[C@H]2C3)cn1. The molecule has 0 radical (unpaired) electrons. The third-order valence-corrected chi connectivity index (χ3v) is 10.4. The molecule has 13 nitrogen and oxygen atoms in total. The maximum atomic E-state index is 13.2. The Labute approximate surface area is 327 Å². The maximum absolute atomic E-state index is 13.2. The molecule has 2 amide bonds. The lowest BCUT2D eigenvalue weighted by atomic mass is 10.1. The molecule has 2 atom stereocenters. The van der Waals surface area contributed by atoms with Gasteiger partial charge in [0.1, 0.15) is 0 Å². The van der Waals surface area contributed by atoms with Gasteiger partial charge in [0, 0.05) is 78.5 Å². The Morgan fingerprint density at radius 2 is 1.34 bits per heavy atom. The number of carbonyl (C=O) groups excluding carboxylic acids is 1. The Hall–Kier alpha value is -6.63. The van der Waals surface area contributed by atoms with E-state index in [1.54, 1.807) is 18.6 Å². The fourth-order valence-electron chi connectivity index (χ4n) is 7.51. The van der Waals surface area contributed by atoms with E-state index in [0.29, 0.717) is 17.5 Å². The molecule has 0 spiro atoms. The number of hydrogen-bond acceptors (Lipinski definition) is 11. The van der Waals surface area contributed by atoms with Gasteiger partial charge < -0.3 is 26.2 Å². The molecule has 0 aliphatic carbocycles. The molecule has 4 aliphatic heterocycles. The van der Waals surface area contributed by atoms with Crippen LogP contribution in [0.1, 0.15) is 35.6 Å². The first-order valence-electron chi connectivity index (χ1n) is 19.0. The van der Waals surface area contributed by atoms with Crippen LogP contribution in [-0.2, 0) is 0 Å². The molecule has 4 aliphatic rings. The molecule has 10 heterocycles. The van der Waals surface area contributed by atoms with Gasteiger partial charge in [-0.3, -0.25) is 24.8 Å². The topological polar surface area (TPSA) is 154 Å². The number of nitrogens with one attached hydrogen (secondary N) is 2. The average molecular weight is 747 g/mol. The first-order valence-corrected chi connectivity index (χ1v) is 19.0. The van der Waals surface area contributed by atoms with Crippen LogP contribution in [0.4, 0.5) is 39.2 Å². The zero-order chi connectivity index (χ0) is 38.8. The lowest BCUT2D eigenvalue weighted by Gasteiger charge is -2.36. The monoisotopic (exact) mass is 746 g/mol. The molecule has 2 saturated heterocycles. The molecule has 10 rings (SSSR count). The first kappa shape index (κ1) is 36.4. The smallest absolute Gasteiger partial charge is 0.327 e. The summed E-state index contributed by atoms with van der Waals surface area (Å²) >= 11 is 0. The fourth-order valence-corrected chi connectivity index (χ4v) is 7.51. The molecule has 6 aromatic rings. The predicted octanol–water partition coefficient (Wildman–Crippen LogP) is 7.21. The summed E-state index contributed by atoms with van der Waals surface area (Å²) in [6.07, 6.45) is 9.10. The highest BCUT2D eigenvalue weighted by Crippen LogP contribution is 2.40. The van der Waals surface area contributed by atoms with Crippen LogP contribution >= 0.6 is 0 Å². The van der Waals surface area contributed by atoms with E-state index in [1.165, 1.54) is 12.1 Å². The molecule has 13 heteroatoms. The van der Waals surface area contributed by atoms with Gasteiger partial charge in [0.25, 0.3) is 0 Å². The van der Waals surface area contributed by atoms with Crippen LogP contribution in [0.5, 0.6) is 0 Å². The quantitative estimate of drug-likeness (QED) is 0.168. The van der Waals surface area contributed by atoms with Crippen molar-refractivity contribution in [1.29, 1.82) is 0 Å². The Morgan fingerprint density at radius 1 is 0.696 bits per heavy atom. The lowest BCUT2D eigenvalue weighted by molar-refractivity contribution is 0.255. The van der Waals surface area contributed by atoms with E-state index in [1.807, 2.05) is 87.3 Å². The number of urea groups is 1. The third-order valence-electron chi connectivity index (χ3n) is 10.4. The minimum absolute atomic E-state index is 0.114. The minimum Gasteiger partial charge on any atom is -0.397 e. The second-order valence-corrected chi connectivity index (χ2v) is 14.7. The molecule has 284 valence electrons. The van der Waals surface area contributed by atoms with Crippen LogP contribution < -0.4 is 31.1 Å². The number of amides is 2. The van der Waals surface area contributed by atoms with Crippen LogP contribution in [0.25, 0.3) is 22.5 Å². The number of aromatic nitrogens is 6. The van der Waals surface area contributed by atoms with Crippen molar-refractivity contribution < 1.29 is 4.79 Å². The minimum atomic E-state index is -0.168. The van der Waals surface area contributed by atoms with Gasteiger partial charge in [-0.2, -0.15) is 0 Å². The molecule has 2 fully saturated rings. The van der Waals surface area contributed by atoms with Crippen molar-refractivity contribution in [2.45, 2.75) is 52.6 Å². The summed E-state index contributed by atoms with van der Waals surface area (Å²) in [5.41, 5.74) is 16.9. The normalized spacial score (nSPS) is 17.0. The van der Waals surface area contributed by atoms with Crippen LogP contribution in [0.3, 0.4) is 0 Å². The molecule has 56 heavy (non-hydrogen) atoms. The lowest BCUT2D eigenvalue weighted by Crippen LogP contribution is -2.48. The second-order valence-electron chi connectivity index (χ2n) is 14.7. The predicted molar refractivity (Wildman–Crippen MR) is 223 cm³/mol. The Kier molecular flexibility index (Phi) is 10.1. The number of nitrogens with two attached hydrogens (primary N) is 1. The van der Waals surface area contributed by atoms with Gasteiger partial charge in [0.15, 0.2) is 11.6 Å². The van der Waals surface area contributed by atoms with Gasteiger partial charge in [-0.25, -0.2) is 14.8 Å². The van der Waals surface area contributed by atoms with Gasteiger partial charge in [-0.05, 0) is 113 Å². The van der Waals surface area contributed by atoms with Crippen molar-refractivity contribution >= 4 is 40.4 Å². The summed E-state index contributed by atoms with van der Waals surface area (Å²) in [4.78, 5) is 46.2. The number of hydrogen-bond donors (Lipinski definition) is 3. The van der Waals surface area contributed by atoms with Crippen molar-refractivity contribution in [2.24, 2.45) is 0 Å². The van der Waals surface area contributed by atoms with E-state index in [2.05, 4.69) is 64.6 Å². The molecular weight excluding hydrogens is 701 g/mol. The Bertz CT molecular complexity index is 2330. The van der Waals surface area contributed by atoms with Crippen LogP contribution in [0.2, 0.25) is 0 Å². The van der Waals surface area contributed by atoms with Crippen LogP contribution in [0, 0.1) is 27.7 Å². The Balaban J connectivity index is 0.000000139.